The molecule has 0 radical (unpaired) electrons. The van der Waals surface area contributed by atoms with Crippen LogP contribution in [0, 0.1) is 0 Å². The van der Waals surface area contributed by atoms with Crippen LogP contribution in [0.4, 0.5) is 0 Å². The summed E-state index contributed by atoms with van der Waals surface area (Å²) in [6.07, 6.45) is 0.131. The smallest absolute Gasteiger partial charge is 0.1000 e. The van der Waals surface area contributed by atoms with Crippen molar-refractivity contribution in [2.24, 2.45) is 0 Å². The Kier molecular flexibility index (Phi) is 4.42. The first-order valence-corrected chi connectivity index (χ1v) is 4.83. The van der Waals surface area contributed by atoms with Crippen LogP contribution < -0.4 is 5.32 Å². The molecular formula is C10H19NO2. The summed E-state index contributed by atoms with van der Waals surface area (Å²) in [4.78, 5) is 0. The monoisotopic (exact) mass is 185 g/mol. The van der Waals surface area contributed by atoms with E-state index < -0.39 is 0 Å². The molecule has 0 amide bonds. The number of hydrogen-bond donors (Lipinski definition) is 1. The van der Waals surface area contributed by atoms with Gasteiger partial charge in [-0.05, 0) is 13.5 Å². The zero-order valence-corrected chi connectivity index (χ0v) is 8.51. The van der Waals surface area contributed by atoms with Crippen LogP contribution in [0.25, 0.3) is 0 Å². The molecule has 1 aliphatic heterocycles. The molecule has 0 saturated carbocycles. The van der Waals surface area contributed by atoms with Gasteiger partial charge in [0.05, 0.1) is 32.0 Å². The van der Waals surface area contributed by atoms with Crippen molar-refractivity contribution in [1.29, 1.82) is 0 Å². The summed E-state index contributed by atoms with van der Waals surface area (Å²) in [5.74, 6) is 0. The van der Waals surface area contributed by atoms with Crippen molar-refractivity contribution in [2.45, 2.75) is 26.0 Å². The lowest BCUT2D eigenvalue weighted by molar-refractivity contribution is -0.0966. The molecule has 3 heteroatoms. The fourth-order valence-electron chi connectivity index (χ4n) is 1.54. The maximum absolute atomic E-state index is 5.61. The van der Waals surface area contributed by atoms with Gasteiger partial charge >= 0.3 is 0 Å². The highest BCUT2D eigenvalue weighted by Crippen LogP contribution is 2.11. The summed E-state index contributed by atoms with van der Waals surface area (Å²) >= 11 is 0. The molecule has 1 aliphatic rings. The summed E-state index contributed by atoms with van der Waals surface area (Å²) < 4.78 is 11.0. The van der Waals surface area contributed by atoms with Crippen LogP contribution in [0.2, 0.25) is 0 Å². The highest BCUT2D eigenvalue weighted by molar-refractivity contribution is 5.05. The Morgan fingerprint density at radius 1 is 1.62 bits per heavy atom. The predicted octanol–water partition coefficient (Wildman–Crippen LogP) is 0.956. The van der Waals surface area contributed by atoms with E-state index in [0.717, 1.165) is 12.1 Å². The van der Waals surface area contributed by atoms with Crippen LogP contribution in [0.1, 0.15) is 13.8 Å². The first-order chi connectivity index (χ1) is 6.25. The third-order valence-corrected chi connectivity index (χ3v) is 2.17. The van der Waals surface area contributed by atoms with E-state index in [1.807, 2.05) is 6.92 Å². The average molecular weight is 185 g/mol. The minimum atomic E-state index is 0.131. The van der Waals surface area contributed by atoms with Gasteiger partial charge in [-0.2, -0.15) is 0 Å². The van der Waals surface area contributed by atoms with Gasteiger partial charge in [-0.25, -0.2) is 0 Å². The van der Waals surface area contributed by atoms with Crippen LogP contribution in [0.5, 0.6) is 0 Å². The first kappa shape index (κ1) is 10.7. The number of likely N-dealkylation sites (N-methyl/N-ethyl adjacent to an activating group) is 1. The number of ether oxygens (including phenoxy) is 2. The number of nitrogens with one attached hydrogen (secondary N) is 1. The Labute approximate surface area is 80.1 Å². The van der Waals surface area contributed by atoms with E-state index >= 15 is 0 Å². The second kappa shape index (κ2) is 5.37. The van der Waals surface area contributed by atoms with Crippen molar-refractivity contribution < 1.29 is 9.47 Å². The lowest BCUT2D eigenvalue weighted by atomic mass is 10.0. The fourth-order valence-corrected chi connectivity index (χ4v) is 1.54. The van der Waals surface area contributed by atoms with Gasteiger partial charge in [-0.3, -0.25) is 0 Å². The van der Waals surface area contributed by atoms with E-state index in [4.69, 9.17) is 9.47 Å². The Hall–Kier alpha value is -0.380. The molecule has 1 rings (SSSR count). The van der Waals surface area contributed by atoms with Crippen molar-refractivity contribution in [1.82, 2.24) is 5.32 Å². The van der Waals surface area contributed by atoms with Crippen LogP contribution in [0.15, 0.2) is 12.2 Å². The van der Waals surface area contributed by atoms with E-state index in [1.165, 1.54) is 0 Å². The van der Waals surface area contributed by atoms with Crippen LogP contribution >= 0.6 is 0 Å². The van der Waals surface area contributed by atoms with Gasteiger partial charge < -0.3 is 14.8 Å². The summed E-state index contributed by atoms with van der Waals surface area (Å²) in [6, 6.07) is 0.227. The highest BCUT2D eigenvalue weighted by Gasteiger charge is 2.24. The van der Waals surface area contributed by atoms with Crippen LogP contribution in [0.3, 0.4) is 0 Å². The molecule has 13 heavy (non-hydrogen) atoms. The molecule has 2 unspecified atom stereocenters. The maximum atomic E-state index is 5.61. The molecule has 0 bridgehead atoms. The van der Waals surface area contributed by atoms with Gasteiger partial charge in [0.2, 0.25) is 0 Å². The molecule has 3 nitrogen and oxygen atoms in total. The lowest BCUT2D eigenvalue weighted by Gasteiger charge is -2.31. The minimum Gasteiger partial charge on any atom is -0.376 e. The quantitative estimate of drug-likeness (QED) is 0.662. The molecule has 1 N–H and O–H groups in total. The maximum Gasteiger partial charge on any atom is 0.1000 e. The van der Waals surface area contributed by atoms with Crippen molar-refractivity contribution in [3.05, 3.63) is 12.2 Å². The van der Waals surface area contributed by atoms with E-state index in [2.05, 4.69) is 18.8 Å². The summed E-state index contributed by atoms with van der Waals surface area (Å²) in [5.41, 5.74) is 1.11. The molecule has 1 saturated heterocycles. The van der Waals surface area contributed by atoms with Gasteiger partial charge in [0.1, 0.15) is 0 Å². The largest absolute Gasteiger partial charge is 0.376 e. The van der Waals surface area contributed by atoms with E-state index in [-0.39, 0.29) is 12.1 Å². The topological polar surface area (TPSA) is 30.5 Å². The van der Waals surface area contributed by atoms with E-state index in [1.54, 1.807) is 0 Å². The van der Waals surface area contributed by atoms with Crippen LogP contribution in [-0.2, 0) is 9.47 Å². The minimum absolute atomic E-state index is 0.131. The number of hydrogen-bond acceptors (Lipinski definition) is 3. The van der Waals surface area contributed by atoms with Gasteiger partial charge in [0.25, 0.3) is 0 Å². The zero-order chi connectivity index (χ0) is 9.68. The molecule has 2 atom stereocenters. The summed E-state index contributed by atoms with van der Waals surface area (Å²) in [7, 11) is 0. The Morgan fingerprint density at radius 3 is 2.85 bits per heavy atom. The van der Waals surface area contributed by atoms with Crippen molar-refractivity contribution in [3.8, 4) is 0 Å². The standard InChI is InChI=1S/C10H19NO2/c1-4-11-10(8(2)3)9-7-12-5-6-13-9/h9-11H,2,4-7H2,1,3H3. The Morgan fingerprint density at radius 2 is 2.38 bits per heavy atom. The fraction of sp³-hybridized carbons (Fsp3) is 0.800. The molecule has 0 aliphatic carbocycles. The van der Waals surface area contributed by atoms with Gasteiger partial charge in [0.15, 0.2) is 0 Å². The molecule has 76 valence electrons. The second-order valence-electron chi connectivity index (χ2n) is 3.37. The van der Waals surface area contributed by atoms with E-state index in [9.17, 15) is 0 Å². The second-order valence-corrected chi connectivity index (χ2v) is 3.37. The zero-order valence-electron chi connectivity index (χ0n) is 8.51. The SMILES string of the molecule is C=C(C)C(NCC)C1COCCO1. The number of rotatable bonds is 4. The molecule has 1 fully saturated rings. The summed E-state index contributed by atoms with van der Waals surface area (Å²) in [5, 5.41) is 3.35. The first-order valence-electron chi connectivity index (χ1n) is 4.83. The predicted molar refractivity (Wildman–Crippen MR) is 52.8 cm³/mol. The third-order valence-electron chi connectivity index (χ3n) is 2.17. The van der Waals surface area contributed by atoms with Crippen LogP contribution in [-0.4, -0.2) is 38.5 Å². The van der Waals surface area contributed by atoms with Gasteiger partial charge in [0, 0.05) is 0 Å². The molecular weight excluding hydrogens is 166 g/mol. The normalized spacial score (nSPS) is 25.5. The molecule has 1 heterocycles. The van der Waals surface area contributed by atoms with Gasteiger partial charge in [-0.15, -0.1) is 0 Å². The van der Waals surface area contributed by atoms with Gasteiger partial charge in [-0.1, -0.05) is 19.1 Å². The van der Waals surface area contributed by atoms with Crippen molar-refractivity contribution in [2.75, 3.05) is 26.4 Å². The molecule has 0 aromatic rings. The molecule has 0 aromatic heterocycles. The highest BCUT2D eigenvalue weighted by atomic mass is 16.6. The third kappa shape index (κ3) is 3.10. The molecule has 0 aromatic carbocycles. The average Bonchev–Trinajstić information content (AvgIpc) is 2.15. The Bertz CT molecular complexity index is 164. The lowest BCUT2D eigenvalue weighted by Crippen LogP contribution is -2.47. The summed E-state index contributed by atoms with van der Waals surface area (Å²) in [6.45, 7) is 11.1. The van der Waals surface area contributed by atoms with E-state index in [0.29, 0.717) is 19.8 Å². The Balaban J connectivity index is 2.46. The van der Waals surface area contributed by atoms with Crippen molar-refractivity contribution >= 4 is 0 Å². The van der Waals surface area contributed by atoms with Crippen molar-refractivity contribution in [3.63, 3.8) is 0 Å². The molecule has 0 spiro atoms.